The van der Waals surface area contributed by atoms with Crippen LogP contribution in [0.25, 0.3) is 0 Å². The zero-order valence-electron chi connectivity index (χ0n) is 14.0. The molecule has 0 radical (unpaired) electrons. The third-order valence-electron chi connectivity index (χ3n) is 4.47. The van der Waals surface area contributed by atoms with E-state index in [2.05, 4.69) is 17.1 Å². The molecular formula is C18H28N2O2. The van der Waals surface area contributed by atoms with Crippen molar-refractivity contribution in [2.45, 2.75) is 52.0 Å². The number of hydrogen-bond donors (Lipinski definition) is 1. The van der Waals surface area contributed by atoms with Crippen molar-refractivity contribution in [2.75, 3.05) is 25.5 Å². The number of carbonyl (C=O) groups excluding carboxylic acids is 1. The van der Waals surface area contributed by atoms with Gasteiger partial charge in [0.05, 0.1) is 19.3 Å². The molecule has 0 heterocycles. The lowest BCUT2D eigenvalue weighted by atomic mass is 9.94. The van der Waals surface area contributed by atoms with Crippen molar-refractivity contribution >= 4 is 11.6 Å². The fraction of sp³-hybridized carbons (Fsp3) is 0.611. The van der Waals surface area contributed by atoms with Gasteiger partial charge in [-0.15, -0.1) is 0 Å². The average molecular weight is 304 g/mol. The van der Waals surface area contributed by atoms with Crippen LogP contribution in [0.2, 0.25) is 0 Å². The van der Waals surface area contributed by atoms with Crippen LogP contribution in [-0.4, -0.2) is 37.0 Å². The Labute approximate surface area is 133 Å². The van der Waals surface area contributed by atoms with Crippen LogP contribution in [-0.2, 0) is 4.79 Å². The fourth-order valence-electron chi connectivity index (χ4n) is 3.24. The van der Waals surface area contributed by atoms with E-state index in [4.69, 9.17) is 4.74 Å². The molecule has 22 heavy (non-hydrogen) atoms. The van der Waals surface area contributed by atoms with Crippen molar-refractivity contribution in [3.63, 3.8) is 0 Å². The molecule has 1 aliphatic carbocycles. The SMILES string of the molecule is CCN(CC(=O)Nc1cc(C)ccc1OC)C1CCCCC1. The van der Waals surface area contributed by atoms with Crippen LogP contribution in [0.3, 0.4) is 0 Å². The van der Waals surface area contributed by atoms with Crippen molar-refractivity contribution in [1.82, 2.24) is 4.90 Å². The van der Waals surface area contributed by atoms with E-state index in [9.17, 15) is 4.79 Å². The van der Waals surface area contributed by atoms with Gasteiger partial charge in [0.25, 0.3) is 0 Å². The quantitative estimate of drug-likeness (QED) is 0.873. The van der Waals surface area contributed by atoms with Gasteiger partial charge in [-0.1, -0.05) is 32.3 Å². The lowest BCUT2D eigenvalue weighted by Crippen LogP contribution is -2.41. The summed E-state index contributed by atoms with van der Waals surface area (Å²) in [5.41, 5.74) is 1.86. The van der Waals surface area contributed by atoms with Gasteiger partial charge in [0.2, 0.25) is 5.91 Å². The van der Waals surface area contributed by atoms with E-state index in [0.29, 0.717) is 18.3 Å². The van der Waals surface area contributed by atoms with Gasteiger partial charge in [0.15, 0.2) is 0 Å². The second-order valence-corrected chi connectivity index (χ2v) is 6.11. The van der Waals surface area contributed by atoms with Crippen molar-refractivity contribution in [1.29, 1.82) is 0 Å². The number of ether oxygens (including phenoxy) is 1. The maximum absolute atomic E-state index is 12.4. The second-order valence-electron chi connectivity index (χ2n) is 6.11. The zero-order valence-corrected chi connectivity index (χ0v) is 14.0. The Morgan fingerprint density at radius 3 is 2.68 bits per heavy atom. The highest BCUT2D eigenvalue weighted by Crippen LogP contribution is 2.26. The predicted molar refractivity (Wildman–Crippen MR) is 90.5 cm³/mol. The molecule has 1 aromatic carbocycles. The molecule has 0 atom stereocenters. The molecule has 122 valence electrons. The summed E-state index contributed by atoms with van der Waals surface area (Å²) in [5, 5.41) is 3.00. The maximum atomic E-state index is 12.4. The molecule has 4 nitrogen and oxygen atoms in total. The van der Waals surface area contributed by atoms with Crippen LogP contribution >= 0.6 is 0 Å². The predicted octanol–water partition coefficient (Wildman–Crippen LogP) is 3.60. The van der Waals surface area contributed by atoms with Gasteiger partial charge in [0.1, 0.15) is 5.75 Å². The molecule has 0 saturated heterocycles. The highest BCUT2D eigenvalue weighted by molar-refractivity contribution is 5.93. The molecule has 0 spiro atoms. The number of methoxy groups -OCH3 is 1. The monoisotopic (exact) mass is 304 g/mol. The molecule has 1 saturated carbocycles. The Bertz CT molecular complexity index is 496. The number of benzene rings is 1. The Balaban J connectivity index is 1.97. The summed E-state index contributed by atoms with van der Waals surface area (Å²) < 4.78 is 5.32. The molecule has 0 aliphatic heterocycles. The summed E-state index contributed by atoms with van der Waals surface area (Å²) in [4.78, 5) is 14.7. The molecule has 1 aliphatic rings. The standard InChI is InChI=1S/C18H28N2O2/c1-4-20(15-8-6-5-7-9-15)13-18(21)19-16-12-14(2)10-11-17(16)22-3/h10-12,15H,4-9,13H2,1-3H3,(H,19,21). The smallest absolute Gasteiger partial charge is 0.238 e. The van der Waals surface area contributed by atoms with E-state index in [1.165, 1.54) is 32.1 Å². The summed E-state index contributed by atoms with van der Waals surface area (Å²) in [6.07, 6.45) is 6.34. The molecule has 2 rings (SSSR count). The molecule has 4 heteroatoms. The highest BCUT2D eigenvalue weighted by atomic mass is 16.5. The molecule has 0 unspecified atom stereocenters. The average Bonchev–Trinajstić information content (AvgIpc) is 2.53. The van der Waals surface area contributed by atoms with Gasteiger partial charge in [-0.2, -0.15) is 0 Å². The highest BCUT2D eigenvalue weighted by Gasteiger charge is 2.22. The number of anilines is 1. The number of amides is 1. The molecule has 0 bridgehead atoms. The molecular weight excluding hydrogens is 276 g/mol. The minimum Gasteiger partial charge on any atom is -0.495 e. The number of hydrogen-bond acceptors (Lipinski definition) is 3. The number of carbonyl (C=O) groups is 1. The minimum atomic E-state index is 0.0383. The topological polar surface area (TPSA) is 41.6 Å². The number of likely N-dealkylation sites (N-methyl/N-ethyl adjacent to an activating group) is 1. The minimum absolute atomic E-state index is 0.0383. The zero-order chi connectivity index (χ0) is 15.9. The Hall–Kier alpha value is -1.55. The lowest BCUT2D eigenvalue weighted by molar-refractivity contribution is -0.118. The Morgan fingerprint density at radius 2 is 2.05 bits per heavy atom. The van der Waals surface area contributed by atoms with Gasteiger partial charge in [-0.3, -0.25) is 9.69 Å². The second kappa shape index (κ2) is 8.18. The number of rotatable bonds is 6. The first kappa shape index (κ1) is 16.8. The van der Waals surface area contributed by atoms with Crippen LogP contribution in [0, 0.1) is 6.92 Å². The van der Waals surface area contributed by atoms with Gasteiger partial charge in [-0.25, -0.2) is 0 Å². The largest absolute Gasteiger partial charge is 0.495 e. The number of nitrogens with one attached hydrogen (secondary N) is 1. The van der Waals surface area contributed by atoms with Crippen LogP contribution in [0.1, 0.15) is 44.6 Å². The Morgan fingerprint density at radius 1 is 1.32 bits per heavy atom. The van der Waals surface area contributed by atoms with Crippen molar-refractivity contribution in [3.8, 4) is 5.75 Å². The van der Waals surface area contributed by atoms with Crippen molar-refractivity contribution in [3.05, 3.63) is 23.8 Å². The fourth-order valence-corrected chi connectivity index (χ4v) is 3.24. The first-order valence-corrected chi connectivity index (χ1v) is 8.32. The molecule has 1 amide bonds. The van der Waals surface area contributed by atoms with Gasteiger partial charge in [0, 0.05) is 6.04 Å². The van der Waals surface area contributed by atoms with Crippen molar-refractivity contribution < 1.29 is 9.53 Å². The van der Waals surface area contributed by atoms with E-state index >= 15 is 0 Å². The summed E-state index contributed by atoms with van der Waals surface area (Å²) in [5.74, 6) is 0.746. The summed E-state index contributed by atoms with van der Waals surface area (Å²) in [6.45, 7) is 5.52. The van der Waals surface area contributed by atoms with E-state index in [-0.39, 0.29) is 5.91 Å². The molecule has 1 N–H and O–H groups in total. The van der Waals surface area contributed by atoms with Crippen LogP contribution in [0.5, 0.6) is 5.75 Å². The van der Waals surface area contributed by atoms with Gasteiger partial charge >= 0.3 is 0 Å². The van der Waals surface area contributed by atoms with E-state index in [1.54, 1.807) is 7.11 Å². The maximum Gasteiger partial charge on any atom is 0.238 e. The van der Waals surface area contributed by atoms with E-state index in [0.717, 1.165) is 17.8 Å². The molecule has 1 aromatic rings. The summed E-state index contributed by atoms with van der Waals surface area (Å²) >= 11 is 0. The van der Waals surface area contributed by atoms with Gasteiger partial charge < -0.3 is 10.1 Å². The Kier molecular flexibility index (Phi) is 6.25. The van der Waals surface area contributed by atoms with Crippen LogP contribution < -0.4 is 10.1 Å². The summed E-state index contributed by atoms with van der Waals surface area (Å²) in [7, 11) is 1.63. The van der Waals surface area contributed by atoms with Gasteiger partial charge in [-0.05, 0) is 44.0 Å². The molecule has 0 aromatic heterocycles. The van der Waals surface area contributed by atoms with Crippen molar-refractivity contribution in [2.24, 2.45) is 0 Å². The number of aryl methyl sites for hydroxylation is 1. The third-order valence-corrected chi connectivity index (χ3v) is 4.47. The van der Waals surface area contributed by atoms with Crippen LogP contribution in [0.15, 0.2) is 18.2 Å². The van der Waals surface area contributed by atoms with Crippen LogP contribution in [0.4, 0.5) is 5.69 Å². The third kappa shape index (κ3) is 4.47. The first-order chi connectivity index (χ1) is 10.6. The van der Waals surface area contributed by atoms with E-state index in [1.807, 2.05) is 25.1 Å². The lowest BCUT2D eigenvalue weighted by Gasteiger charge is -2.33. The summed E-state index contributed by atoms with van der Waals surface area (Å²) in [6, 6.07) is 6.38. The number of nitrogens with zero attached hydrogens (tertiary/aromatic N) is 1. The first-order valence-electron chi connectivity index (χ1n) is 8.32. The van der Waals surface area contributed by atoms with E-state index < -0.39 is 0 Å². The molecule has 1 fully saturated rings. The normalized spacial score (nSPS) is 15.8.